The van der Waals surface area contributed by atoms with Gasteiger partial charge in [0.15, 0.2) is 0 Å². The van der Waals surface area contributed by atoms with Gasteiger partial charge in [-0.1, -0.05) is 0 Å². The molecule has 2 aromatic carbocycles. The first-order valence-electron chi connectivity index (χ1n) is 12.5. The Morgan fingerprint density at radius 2 is 1.67 bits per heavy atom. The van der Waals surface area contributed by atoms with Crippen LogP contribution < -0.4 is 9.64 Å². The molecule has 0 aliphatic carbocycles. The molecule has 1 aromatic heterocycles. The second kappa shape index (κ2) is 12.0. The largest absolute Gasteiger partial charge is 0.494 e. The number of methoxy groups -OCH3 is 1. The number of fused-ring (bicyclic) bond motifs is 1. The molecule has 0 saturated carbocycles. The van der Waals surface area contributed by atoms with E-state index >= 15 is 0 Å². The molecule has 1 amide bonds. The van der Waals surface area contributed by atoms with Crippen LogP contribution in [-0.2, 0) is 16.1 Å². The summed E-state index contributed by atoms with van der Waals surface area (Å²) in [6.07, 6.45) is 0.922. The predicted octanol–water partition coefficient (Wildman–Crippen LogP) is 5.31. The molecule has 0 spiro atoms. The Bertz CT molecular complexity index is 1190. The maximum atomic E-state index is 11.0. The molecule has 2 heterocycles. The van der Waals surface area contributed by atoms with E-state index in [0.29, 0.717) is 12.2 Å². The van der Waals surface area contributed by atoms with Crippen molar-refractivity contribution >= 4 is 23.0 Å². The van der Waals surface area contributed by atoms with Crippen molar-refractivity contribution in [3.63, 3.8) is 0 Å². The van der Waals surface area contributed by atoms with E-state index in [9.17, 15) is 10.1 Å². The summed E-state index contributed by atoms with van der Waals surface area (Å²) in [4.78, 5) is 15.1. The van der Waals surface area contributed by atoms with E-state index in [-0.39, 0.29) is 5.60 Å². The van der Waals surface area contributed by atoms with Crippen LogP contribution in [0.4, 0.5) is 5.69 Å². The molecule has 1 aliphatic rings. The number of rotatable bonds is 6. The number of piperazine rings is 1. The zero-order valence-electron chi connectivity index (χ0n) is 22.4. The fourth-order valence-electron chi connectivity index (χ4n) is 4.24. The van der Waals surface area contributed by atoms with Gasteiger partial charge >= 0.3 is 0 Å². The molecule has 0 atom stereocenters. The first-order valence-corrected chi connectivity index (χ1v) is 12.5. The fourth-order valence-corrected chi connectivity index (χ4v) is 4.24. The molecule has 7 heteroatoms. The van der Waals surface area contributed by atoms with Crippen molar-refractivity contribution in [2.45, 2.75) is 46.8 Å². The van der Waals surface area contributed by atoms with E-state index in [4.69, 9.17) is 9.47 Å². The highest BCUT2D eigenvalue weighted by Gasteiger charge is 2.21. The summed E-state index contributed by atoms with van der Waals surface area (Å²) in [5, 5.41) is 10.9. The van der Waals surface area contributed by atoms with Gasteiger partial charge in [0, 0.05) is 50.9 Å². The van der Waals surface area contributed by atoms with Gasteiger partial charge in [-0.2, -0.15) is 5.26 Å². The van der Waals surface area contributed by atoms with Gasteiger partial charge in [0.05, 0.1) is 29.0 Å². The van der Waals surface area contributed by atoms with Gasteiger partial charge in [0.2, 0.25) is 6.41 Å². The number of aromatic nitrogens is 1. The van der Waals surface area contributed by atoms with Gasteiger partial charge in [0.1, 0.15) is 11.8 Å². The number of ether oxygens (including phenoxy) is 2. The lowest BCUT2D eigenvalue weighted by Gasteiger charge is -2.34. The number of nitrogens with zero attached hydrogens (tertiary/aromatic N) is 4. The number of aryl methyl sites for hydroxylation is 1. The third-order valence-corrected chi connectivity index (χ3v) is 6.36. The SMILES string of the molecule is CCOc1ccc(-c2c(C#N)c3ccc(N4CCN(C=O)CC4)cc3n2CC)cc1.COC(C)(C)C. The quantitative estimate of drug-likeness (QED) is 0.438. The Kier molecular flexibility index (Phi) is 9.00. The molecular weight excluding hydrogens is 452 g/mol. The Hall–Kier alpha value is -3.50. The maximum Gasteiger partial charge on any atom is 0.209 e. The highest BCUT2D eigenvalue weighted by molar-refractivity contribution is 5.96. The van der Waals surface area contributed by atoms with Crippen molar-refractivity contribution in [3.05, 3.63) is 48.0 Å². The van der Waals surface area contributed by atoms with Crippen LogP contribution in [0.1, 0.15) is 40.2 Å². The van der Waals surface area contributed by atoms with Gasteiger partial charge < -0.3 is 23.8 Å². The van der Waals surface area contributed by atoms with E-state index in [1.807, 2.05) is 56.9 Å². The van der Waals surface area contributed by atoms with Crippen LogP contribution in [0.5, 0.6) is 5.75 Å². The maximum absolute atomic E-state index is 11.0. The first kappa shape index (κ1) is 27.1. The average molecular weight is 491 g/mol. The van der Waals surface area contributed by atoms with Crippen LogP contribution >= 0.6 is 0 Å². The standard InChI is InChI=1S/C24H26N4O2.C5H12O/c1-3-28-23-15-19(27-13-11-26(17-29)12-14-27)7-10-21(23)22(16-25)24(28)18-5-8-20(9-6-18)30-4-2;1-5(2,3)6-4/h5-10,15,17H,3-4,11-14H2,1-2H3;1-4H3. The van der Waals surface area contributed by atoms with Crippen LogP contribution in [0.3, 0.4) is 0 Å². The monoisotopic (exact) mass is 490 g/mol. The smallest absolute Gasteiger partial charge is 0.209 e. The van der Waals surface area contributed by atoms with Gasteiger partial charge in [-0.3, -0.25) is 4.79 Å². The zero-order valence-corrected chi connectivity index (χ0v) is 22.4. The minimum atomic E-state index is 0.0417. The second-order valence-corrected chi connectivity index (χ2v) is 9.68. The number of anilines is 1. The fraction of sp³-hybridized carbons (Fsp3) is 0.448. The third-order valence-electron chi connectivity index (χ3n) is 6.36. The van der Waals surface area contributed by atoms with Crippen molar-refractivity contribution in [1.29, 1.82) is 5.26 Å². The Labute approximate surface area is 214 Å². The molecule has 4 rings (SSSR count). The van der Waals surface area contributed by atoms with Gasteiger partial charge in [-0.25, -0.2) is 0 Å². The van der Waals surface area contributed by atoms with Crippen molar-refractivity contribution in [3.8, 4) is 23.1 Å². The van der Waals surface area contributed by atoms with Gasteiger partial charge in [-0.15, -0.1) is 0 Å². The predicted molar refractivity (Wildman–Crippen MR) is 146 cm³/mol. The van der Waals surface area contributed by atoms with E-state index < -0.39 is 0 Å². The number of nitriles is 1. The molecular formula is C29H38N4O3. The zero-order chi connectivity index (χ0) is 26.3. The van der Waals surface area contributed by atoms with E-state index in [1.165, 1.54) is 0 Å². The van der Waals surface area contributed by atoms with Crippen molar-refractivity contribution in [1.82, 2.24) is 9.47 Å². The summed E-state index contributed by atoms with van der Waals surface area (Å²) in [5.74, 6) is 0.829. The van der Waals surface area contributed by atoms with E-state index in [0.717, 1.165) is 72.7 Å². The van der Waals surface area contributed by atoms with Crippen LogP contribution in [0.2, 0.25) is 0 Å². The number of hydrogen-bond acceptors (Lipinski definition) is 5. The minimum Gasteiger partial charge on any atom is -0.494 e. The molecule has 3 aromatic rings. The normalized spacial score (nSPS) is 13.7. The van der Waals surface area contributed by atoms with Gasteiger partial charge in [-0.05, 0) is 82.6 Å². The molecule has 1 aliphatic heterocycles. The Balaban J connectivity index is 0.000000538. The van der Waals surface area contributed by atoms with E-state index in [2.05, 4.69) is 40.7 Å². The molecule has 0 radical (unpaired) electrons. The van der Waals surface area contributed by atoms with Crippen LogP contribution in [0, 0.1) is 11.3 Å². The third kappa shape index (κ3) is 6.19. The number of carbonyl (C=O) groups excluding carboxylic acids is 1. The number of hydrogen-bond donors (Lipinski definition) is 0. The topological polar surface area (TPSA) is 70.7 Å². The van der Waals surface area contributed by atoms with Crippen molar-refractivity contribution in [2.24, 2.45) is 0 Å². The molecule has 36 heavy (non-hydrogen) atoms. The summed E-state index contributed by atoms with van der Waals surface area (Å²) < 4.78 is 12.7. The first-order chi connectivity index (χ1) is 17.3. The summed E-state index contributed by atoms with van der Waals surface area (Å²) in [7, 11) is 1.71. The van der Waals surface area contributed by atoms with Gasteiger partial charge in [0.25, 0.3) is 0 Å². The lowest BCUT2D eigenvalue weighted by molar-refractivity contribution is -0.118. The summed E-state index contributed by atoms with van der Waals surface area (Å²) in [6.45, 7) is 14.6. The highest BCUT2D eigenvalue weighted by Crippen LogP contribution is 2.36. The molecule has 0 N–H and O–H groups in total. The number of amides is 1. The molecule has 1 saturated heterocycles. The van der Waals surface area contributed by atoms with Crippen LogP contribution in [-0.4, -0.2) is 61.4 Å². The lowest BCUT2D eigenvalue weighted by Crippen LogP contribution is -2.45. The summed E-state index contributed by atoms with van der Waals surface area (Å²) in [6, 6.07) is 16.7. The minimum absolute atomic E-state index is 0.0417. The lowest BCUT2D eigenvalue weighted by atomic mass is 10.1. The Morgan fingerprint density at radius 1 is 1.03 bits per heavy atom. The molecule has 0 unspecified atom stereocenters. The average Bonchev–Trinajstić information content (AvgIpc) is 3.22. The van der Waals surface area contributed by atoms with E-state index in [1.54, 1.807) is 7.11 Å². The van der Waals surface area contributed by atoms with Crippen molar-refractivity contribution < 1.29 is 14.3 Å². The summed E-state index contributed by atoms with van der Waals surface area (Å²) in [5.41, 5.74) is 4.89. The Morgan fingerprint density at radius 3 is 2.17 bits per heavy atom. The second-order valence-electron chi connectivity index (χ2n) is 9.68. The van der Waals surface area contributed by atoms with Crippen molar-refractivity contribution in [2.75, 3.05) is 44.8 Å². The highest BCUT2D eigenvalue weighted by atomic mass is 16.5. The molecule has 192 valence electrons. The summed E-state index contributed by atoms with van der Waals surface area (Å²) >= 11 is 0. The molecule has 0 bridgehead atoms. The molecule has 1 fully saturated rings. The van der Waals surface area contributed by atoms with Crippen LogP contribution in [0.15, 0.2) is 42.5 Å². The number of benzene rings is 2. The molecule has 7 nitrogen and oxygen atoms in total. The number of carbonyl (C=O) groups is 1. The van der Waals surface area contributed by atoms with Crippen LogP contribution in [0.25, 0.3) is 22.2 Å².